The zero-order valence-electron chi connectivity index (χ0n) is 14.9. The van der Waals surface area contributed by atoms with E-state index < -0.39 is 0 Å². The topological polar surface area (TPSA) is 38.3 Å². The summed E-state index contributed by atoms with van der Waals surface area (Å²) in [5.74, 6) is 1.05. The van der Waals surface area contributed by atoms with Crippen LogP contribution in [0, 0.1) is 0 Å². The summed E-state index contributed by atoms with van der Waals surface area (Å²) in [5.41, 5.74) is 1.46. The van der Waals surface area contributed by atoms with E-state index in [4.69, 9.17) is 4.74 Å². The second kappa shape index (κ2) is 8.37. The van der Waals surface area contributed by atoms with Gasteiger partial charge in [-0.3, -0.25) is 4.79 Å². The van der Waals surface area contributed by atoms with E-state index in [1.165, 1.54) is 24.8 Å². The van der Waals surface area contributed by atoms with Gasteiger partial charge in [0.15, 0.2) is 0 Å². The Labute approximate surface area is 140 Å². The number of ether oxygens (including phenoxy) is 1. The first-order chi connectivity index (χ1) is 10.9. The lowest BCUT2D eigenvalue weighted by Gasteiger charge is -2.22. The normalized spacial score (nSPS) is 16.1. The molecule has 1 amide bonds. The van der Waals surface area contributed by atoms with E-state index in [0.717, 1.165) is 25.0 Å². The molecule has 3 heteroatoms. The molecule has 1 aromatic rings. The Kier molecular flexibility index (Phi) is 6.49. The van der Waals surface area contributed by atoms with Gasteiger partial charge in [0.05, 0.1) is 6.61 Å². The summed E-state index contributed by atoms with van der Waals surface area (Å²) < 4.78 is 5.73. The van der Waals surface area contributed by atoms with E-state index in [1.807, 2.05) is 12.1 Å². The fraction of sp³-hybridized carbons (Fsp3) is 0.650. The number of nitrogens with one attached hydrogen (secondary N) is 1. The third-order valence-electron chi connectivity index (χ3n) is 4.51. The maximum Gasteiger partial charge on any atom is 0.220 e. The van der Waals surface area contributed by atoms with Gasteiger partial charge < -0.3 is 10.1 Å². The quantitative estimate of drug-likeness (QED) is 0.779. The Morgan fingerprint density at radius 1 is 1.13 bits per heavy atom. The summed E-state index contributed by atoms with van der Waals surface area (Å²) in [6, 6.07) is 8.67. The molecule has 0 saturated heterocycles. The zero-order valence-corrected chi connectivity index (χ0v) is 14.9. The van der Waals surface area contributed by atoms with Crippen molar-refractivity contribution in [3.05, 3.63) is 29.8 Å². The molecule has 1 fully saturated rings. The third kappa shape index (κ3) is 6.25. The Morgan fingerprint density at radius 3 is 2.39 bits per heavy atom. The lowest BCUT2D eigenvalue weighted by molar-refractivity contribution is -0.122. The molecule has 0 aliphatic heterocycles. The third-order valence-corrected chi connectivity index (χ3v) is 4.51. The van der Waals surface area contributed by atoms with Crippen molar-refractivity contribution in [1.29, 1.82) is 0 Å². The summed E-state index contributed by atoms with van der Waals surface area (Å²) in [7, 11) is 0. The molecule has 0 radical (unpaired) electrons. The Bertz CT molecular complexity index is 481. The molecule has 0 spiro atoms. The van der Waals surface area contributed by atoms with Crippen LogP contribution in [-0.2, 0) is 10.2 Å². The van der Waals surface area contributed by atoms with Gasteiger partial charge in [-0.05, 0) is 42.4 Å². The molecule has 128 valence electrons. The molecule has 1 aliphatic carbocycles. The molecular formula is C20H31NO2. The van der Waals surface area contributed by atoms with Crippen LogP contribution < -0.4 is 10.1 Å². The van der Waals surface area contributed by atoms with Gasteiger partial charge in [-0.2, -0.15) is 0 Å². The van der Waals surface area contributed by atoms with Crippen LogP contribution in [0.3, 0.4) is 0 Å². The molecule has 2 rings (SSSR count). The van der Waals surface area contributed by atoms with Crippen LogP contribution in [-0.4, -0.2) is 18.6 Å². The van der Waals surface area contributed by atoms with Crippen molar-refractivity contribution in [2.75, 3.05) is 6.61 Å². The highest BCUT2D eigenvalue weighted by molar-refractivity contribution is 5.76. The maximum atomic E-state index is 11.9. The molecule has 3 nitrogen and oxygen atoms in total. The minimum absolute atomic E-state index is 0.162. The van der Waals surface area contributed by atoms with Crippen LogP contribution in [0.25, 0.3) is 0 Å². The van der Waals surface area contributed by atoms with E-state index in [9.17, 15) is 4.79 Å². The van der Waals surface area contributed by atoms with Crippen molar-refractivity contribution < 1.29 is 9.53 Å². The molecule has 23 heavy (non-hydrogen) atoms. The molecule has 0 unspecified atom stereocenters. The average Bonchev–Trinajstić information content (AvgIpc) is 2.52. The smallest absolute Gasteiger partial charge is 0.220 e. The number of carbonyl (C=O) groups is 1. The number of carbonyl (C=O) groups excluding carboxylic acids is 1. The standard InChI is InChI=1S/C20H31NO2/c1-20(2,3)16-11-13-18(14-12-16)23-15-7-10-19(22)21-17-8-5-4-6-9-17/h11-14,17H,4-10,15H2,1-3H3,(H,21,22). The summed E-state index contributed by atoms with van der Waals surface area (Å²) in [6.07, 6.45) is 7.41. The van der Waals surface area contributed by atoms with Crippen molar-refractivity contribution in [3.8, 4) is 5.75 Å². The van der Waals surface area contributed by atoms with Gasteiger partial charge in [-0.1, -0.05) is 52.2 Å². The highest BCUT2D eigenvalue weighted by Crippen LogP contribution is 2.24. The summed E-state index contributed by atoms with van der Waals surface area (Å²) in [4.78, 5) is 11.9. The predicted octanol–water partition coefficient (Wildman–Crippen LogP) is 4.59. The van der Waals surface area contributed by atoms with Crippen LogP contribution in [0.1, 0.15) is 71.3 Å². The highest BCUT2D eigenvalue weighted by Gasteiger charge is 2.15. The fourth-order valence-corrected chi connectivity index (χ4v) is 3.02. The van der Waals surface area contributed by atoms with Gasteiger partial charge >= 0.3 is 0 Å². The van der Waals surface area contributed by atoms with Crippen molar-refractivity contribution in [3.63, 3.8) is 0 Å². The second-order valence-corrected chi connectivity index (χ2v) is 7.63. The Morgan fingerprint density at radius 2 is 1.78 bits per heavy atom. The molecule has 1 aliphatic rings. The van der Waals surface area contributed by atoms with E-state index in [1.54, 1.807) is 0 Å². The molecule has 0 atom stereocenters. The van der Waals surface area contributed by atoms with Gasteiger partial charge in [0.25, 0.3) is 0 Å². The summed E-state index contributed by atoms with van der Waals surface area (Å²) >= 11 is 0. The molecule has 0 heterocycles. The molecule has 1 aromatic carbocycles. The van der Waals surface area contributed by atoms with Gasteiger partial charge in [0.2, 0.25) is 5.91 Å². The van der Waals surface area contributed by atoms with Crippen LogP contribution in [0.2, 0.25) is 0 Å². The lowest BCUT2D eigenvalue weighted by Crippen LogP contribution is -2.36. The van der Waals surface area contributed by atoms with Crippen LogP contribution in [0.4, 0.5) is 0 Å². The van der Waals surface area contributed by atoms with Gasteiger partial charge in [-0.25, -0.2) is 0 Å². The first-order valence-electron chi connectivity index (χ1n) is 8.98. The van der Waals surface area contributed by atoms with Crippen molar-refractivity contribution in [1.82, 2.24) is 5.32 Å². The first-order valence-corrected chi connectivity index (χ1v) is 8.98. The molecule has 1 saturated carbocycles. The minimum Gasteiger partial charge on any atom is -0.494 e. The molecule has 0 aromatic heterocycles. The number of benzene rings is 1. The lowest BCUT2D eigenvalue weighted by atomic mass is 9.87. The Hall–Kier alpha value is -1.51. The number of hydrogen-bond acceptors (Lipinski definition) is 2. The van der Waals surface area contributed by atoms with Crippen molar-refractivity contribution in [2.24, 2.45) is 0 Å². The average molecular weight is 317 g/mol. The van der Waals surface area contributed by atoms with Gasteiger partial charge in [-0.15, -0.1) is 0 Å². The molecule has 1 N–H and O–H groups in total. The summed E-state index contributed by atoms with van der Waals surface area (Å²) in [5, 5.41) is 3.15. The van der Waals surface area contributed by atoms with Crippen LogP contribution in [0.5, 0.6) is 5.75 Å². The van der Waals surface area contributed by atoms with Crippen molar-refractivity contribution >= 4 is 5.91 Å². The van der Waals surface area contributed by atoms with Crippen LogP contribution >= 0.6 is 0 Å². The summed E-state index contributed by atoms with van der Waals surface area (Å²) in [6.45, 7) is 7.20. The zero-order chi connectivity index (χ0) is 16.7. The van der Waals surface area contributed by atoms with Gasteiger partial charge in [0.1, 0.15) is 5.75 Å². The second-order valence-electron chi connectivity index (χ2n) is 7.63. The van der Waals surface area contributed by atoms with Gasteiger partial charge in [0, 0.05) is 12.5 Å². The minimum atomic E-state index is 0.162. The SMILES string of the molecule is CC(C)(C)c1ccc(OCCCC(=O)NC2CCCCC2)cc1. The first kappa shape index (κ1) is 17.8. The van der Waals surface area contributed by atoms with E-state index in [2.05, 4.69) is 38.2 Å². The predicted molar refractivity (Wildman–Crippen MR) is 94.9 cm³/mol. The monoisotopic (exact) mass is 317 g/mol. The largest absolute Gasteiger partial charge is 0.494 e. The van der Waals surface area contributed by atoms with Crippen LogP contribution in [0.15, 0.2) is 24.3 Å². The highest BCUT2D eigenvalue weighted by atomic mass is 16.5. The maximum absolute atomic E-state index is 11.9. The van der Waals surface area contributed by atoms with E-state index >= 15 is 0 Å². The number of hydrogen-bond donors (Lipinski definition) is 1. The molecular weight excluding hydrogens is 286 g/mol. The number of amides is 1. The fourth-order valence-electron chi connectivity index (χ4n) is 3.02. The van der Waals surface area contributed by atoms with Crippen molar-refractivity contribution in [2.45, 2.75) is 77.2 Å². The molecule has 0 bridgehead atoms. The van der Waals surface area contributed by atoms with E-state index in [0.29, 0.717) is 19.1 Å². The number of rotatable bonds is 6. The van der Waals surface area contributed by atoms with E-state index in [-0.39, 0.29) is 11.3 Å². The Balaban J connectivity index is 1.64.